The van der Waals surface area contributed by atoms with Crippen molar-refractivity contribution in [1.82, 2.24) is 0 Å². The second-order valence-electron chi connectivity index (χ2n) is 8.52. The van der Waals surface area contributed by atoms with E-state index in [1.807, 2.05) is 36.4 Å². The second-order valence-corrected chi connectivity index (χ2v) is 10.8. The van der Waals surface area contributed by atoms with Gasteiger partial charge in [0.1, 0.15) is 0 Å². The van der Waals surface area contributed by atoms with Crippen molar-refractivity contribution in [3.8, 4) is 0 Å². The van der Waals surface area contributed by atoms with Crippen molar-refractivity contribution < 1.29 is 4.92 Å². The van der Waals surface area contributed by atoms with Crippen molar-refractivity contribution in [3.05, 3.63) is 124 Å². The third kappa shape index (κ3) is 6.49. The zero-order valence-corrected chi connectivity index (χ0v) is 20.8. The molecular formula is C27H29N5O2P+. The normalized spacial score (nSPS) is 10.9. The Morgan fingerprint density at radius 1 is 0.514 bits per heavy atom. The van der Waals surface area contributed by atoms with Crippen LogP contribution in [0.3, 0.4) is 0 Å². The molecule has 0 saturated heterocycles. The van der Waals surface area contributed by atoms with E-state index in [2.05, 4.69) is 77.5 Å². The molecule has 0 unspecified atom stereocenters. The molecule has 0 amide bonds. The molecule has 4 aromatic carbocycles. The summed E-state index contributed by atoms with van der Waals surface area (Å²) in [7, 11) is -2.64. The number of nitro benzene ring substituents is 1. The number of rotatable bonds is 9. The minimum absolute atomic E-state index is 0.0453. The van der Waals surface area contributed by atoms with E-state index in [1.54, 1.807) is 12.1 Å². The van der Waals surface area contributed by atoms with Crippen LogP contribution in [0.5, 0.6) is 0 Å². The van der Waals surface area contributed by atoms with Crippen LogP contribution in [0.4, 0.5) is 28.4 Å². The molecule has 0 spiro atoms. The Hall–Kier alpha value is -4.09. The van der Waals surface area contributed by atoms with Gasteiger partial charge in [-0.05, 0) is 69.3 Å². The highest BCUT2D eigenvalue weighted by atomic mass is 31.2. The first-order chi connectivity index (χ1) is 16.8. The number of anilines is 4. The van der Waals surface area contributed by atoms with Crippen LogP contribution in [-0.4, -0.2) is 4.92 Å². The highest BCUT2D eigenvalue weighted by molar-refractivity contribution is 7.81. The fourth-order valence-electron chi connectivity index (χ4n) is 3.48. The van der Waals surface area contributed by atoms with Crippen molar-refractivity contribution >= 4 is 36.3 Å². The van der Waals surface area contributed by atoms with Crippen LogP contribution in [0.1, 0.15) is 16.7 Å². The molecule has 4 N–H and O–H groups in total. The largest absolute Gasteiger partial charge is 0.395 e. The lowest BCUT2D eigenvalue weighted by Crippen LogP contribution is -2.27. The maximum absolute atomic E-state index is 11.2. The number of non-ortho nitro benzene ring substituents is 1. The topological polar surface area (TPSA) is 91.3 Å². The fourth-order valence-corrected chi connectivity index (χ4v) is 5.97. The van der Waals surface area contributed by atoms with E-state index in [9.17, 15) is 10.1 Å². The van der Waals surface area contributed by atoms with Crippen LogP contribution in [0.25, 0.3) is 0 Å². The van der Waals surface area contributed by atoms with E-state index in [4.69, 9.17) is 0 Å². The summed E-state index contributed by atoms with van der Waals surface area (Å²) in [5.41, 5.74) is 7.07. The van der Waals surface area contributed by atoms with Crippen LogP contribution in [0.15, 0.2) is 97.1 Å². The lowest BCUT2D eigenvalue weighted by Gasteiger charge is -2.30. The molecule has 178 valence electrons. The van der Waals surface area contributed by atoms with Crippen molar-refractivity contribution in [3.63, 3.8) is 0 Å². The van der Waals surface area contributed by atoms with Crippen LogP contribution < -0.4 is 20.3 Å². The van der Waals surface area contributed by atoms with Crippen LogP contribution in [0, 0.1) is 30.9 Å². The van der Waals surface area contributed by atoms with Gasteiger partial charge in [0.25, 0.3) is 5.69 Å². The maximum Gasteiger partial charge on any atom is 0.395 e. The third-order valence-corrected chi connectivity index (χ3v) is 7.79. The first-order valence-electron chi connectivity index (χ1n) is 11.3. The summed E-state index contributed by atoms with van der Waals surface area (Å²) in [5, 5.41) is 25.8. The molecule has 0 radical (unpaired) electrons. The summed E-state index contributed by atoms with van der Waals surface area (Å²) >= 11 is 0. The van der Waals surface area contributed by atoms with Gasteiger partial charge in [0, 0.05) is 12.1 Å². The number of nitrogens with one attached hydrogen (secondary N) is 4. The molecule has 0 aliphatic heterocycles. The fraction of sp³-hybridized carbons (Fsp3) is 0.111. The number of hydrogen-bond acceptors (Lipinski definition) is 6. The minimum Gasteiger partial charge on any atom is -0.258 e. The van der Waals surface area contributed by atoms with E-state index in [1.165, 1.54) is 28.8 Å². The zero-order valence-electron chi connectivity index (χ0n) is 19.9. The number of nitro groups is 1. The molecular weight excluding hydrogens is 457 g/mol. The lowest BCUT2D eigenvalue weighted by atomic mass is 10.2. The molecule has 0 saturated carbocycles. The predicted octanol–water partition coefficient (Wildman–Crippen LogP) is 7.95. The maximum atomic E-state index is 11.2. The molecule has 0 aromatic heterocycles. The van der Waals surface area contributed by atoms with Gasteiger partial charge in [0.2, 0.25) is 0 Å². The van der Waals surface area contributed by atoms with E-state index < -0.39 is 12.8 Å². The smallest absolute Gasteiger partial charge is 0.258 e. The van der Waals surface area contributed by atoms with Gasteiger partial charge in [0.15, 0.2) is 0 Å². The van der Waals surface area contributed by atoms with Crippen LogP contribution in [-0.2, 0) is 0 Å². The Morgan fingerprint density at radius 3 is 1.03 bits per heavy atom. The zero-order chi connectivity index (χ0) is 24.8. The van der Waals surface area contributed by atoms with Gasteiger partial charge < -0.3 is 0 Å². The van der Waals surface area contributed by atoms with Crippen LogP contribution >= 0.6 is 7.87 Å². The minimum atomic E-state index is -2.64. The highest BCUT2D eigenvalue weighted by Crippen LogP contribution is 2.56. The van der Waals surface area contributed by atoms with Crippen molar-refractivity contribution in [2.45, 2.75) is 20.8 Å². The standard InChI is InChI=1S/C27H29N5O2P/c1-20-4-10-23(11-5-20)28-35(29-24-12-6-21(2)7-13-24,30-25-14-8-22(3)9-15-25)31-26-16-18-27(19-17-26)32(33)34/h4-19,28-31H,1-3H3/q+1. The summed E-state index contributed by atoms with van der Waals surface area (Å²) in [5.74, 6) is 0. The molecule has 4 aromatic rings. The Kier molecular flexibility index (Phi) is 7.18. The molecule has 0 heterocycles. The summed E-state index contributed by atoms with van der Waals surface area (Å²) in [4.78, 5) is 10.8. The van der Waals surface area contributed by atoms with Gasteiger partial charge in [-0.15, -0.1) is 0 Å². The first-order valence-corrected chi connectivity index (χ1v) is 13.1. The Bertz CT molecular complexity index is 1160. The average molecular weight is 487 g/mol. The first kappa shape index (κ1) is 24.0. The van der Waals surface area contributed by atoms with Gasteiger partial charge >= 0.3 is 7.87 Å². The predicted molar refractivity (Wildman–Crippen MR) is 148 cm³/mol. The summed E-state index contributed by atoms with van der Waals surface area (Å²) < 4.78 is 0. The average Bonchev–Trinajstić information content (AvgIpc) is 2.84. The molecule has 8 heteroatoms. The Morgan fingerprint density at radius 2 is 0.771 bits per heavy atom. The van der Waals surface area contributed by atoms with Gasteiger partial charge in [-0.3, -0.25) is 10.1 Å². The summed E-state index contributed by atoms with van der Waals surface area (Å²) in [6, 6.07) is 31.0. The molecule has 7 nitrogen and oxygen atoms in total. The van der Waals surface area contributed by atoms with Crippen molar-refractivity contribution in [1.29, 1.82) is 0 Å². The van der Waals surface area contributed by atoms with E-state index in [-0.39, 0.29) is 5.69 Å². The molecule has 35 heavy (non-hydrogen) atoms. The van der Waals surface area contributed by atoms with Gasteiger partial charge in [-0.25, -0.2) is 20.3 Å². The Balaban J connectivity index is 1.77. The summed E-state index contributed by atoms with van der Waals surface area (Å²) in [6.45, 7) is 6.16. The van der Waals surface area contributed by atoms with E-state index >= 15 is 0 Å². The number of hydrogen-bond donors (Lipinski definition) is 4. The summed E-state index contributed by atoms with van der Waals surface area (Å²) in [6.07, 6.45) is 0. The lowest BCUT2D eigenvalue weighted by molar-refractivity contribution is -0.384. The quantitative estimate of drug-likeness (QED) is 0.109. The molecule has 0 atom stereocenters. The number of aryl methyl sites for hydroxylation is 3. The van der Waals surface area contributed by atoms with Crippen LogP contribution in [0.2, 0.25) is 0 Å². The van der Waals surface area contributed by atoms with Gasteiger partial charge in [0.05, 0.1) is 27.7 Å². The molecule has 4 rings (SSSR count). The van der Waals surface area contributed by atoms with Gasteiger partial charge in [-0.1, -0.05) is 53.1 Å². The van der Waals surface area contributed by atoms with E-state index in [0.29, 0.717) is 0 Å². The van der Waals surface area contributed by atoms with E-state index in [0.717, 1.165) is 22.7 Å². The molecule has 0 aliphatic rings. The highest BCUT2D eigenvalue weighted by Gasteiger charge is 2.41. The monoisotopic (exact) mass is 486 g/mol. The number of benzene rings is 4. The second kappa shape index (κ2) is 10.5. The third-order valence-electron chi connectivity index (χ3n) is 5.42. The SMILES string of the molecule is Cc1ccc(N[P+](Nc2ccc(C)cc2)(Nc2ccc(C)cc2)Nc2ccc([N+](=O)[O-])cc2)cc1. The van der Waals surface area contributed by atoms with Crippen molar-refractivity contribution in [2.75, 3.05) is 20.3 Å². The van der Waals surface area contributed by atoms with Crippen molar-refractivity contribution in [2.24, 2.45) is 0 Å². The molecule has 0 bridgehead atoms. The molecule has 0 aliphatic carbocycles. The molecule has 0 fully saturated rings. The Labute approximate surface area is 206 Å². The number of nitrogens with zero attached hydrogens (tertiary/aromatic N) is 1. The van der Waals surface area contributed by atoms with Gasteiger partial charge in [-0.2, -0.15) is 0 Å².